The number of benzene rings is 1. The van der Waals surface area contributed by atoms with Gasteiger partial charge in [-0.3, -0.25) is 14.5 Å². The molecule has 0 saturated heterocycles. The van der Waals surface area contributed by atoms with Gasteiger partial charge in [0.05, 0.1) is 6.54 Å². The van der Waals surface area contributed by atoms with E-state index in [1.165, 1.54) is 11.1 Å². The summed E-state index contributed by atoms with van der Waals surface area (Å²) in [4.78, 5) is 44.9. The fourth-order valence-corrected chi connectivity index (χ4v) is 5.83. The van der Waals surface area contributed by atoms with Gasteiger partial charge in [-0.2, -0.15) is 4.98 Å². The Morgan fingerprint density at radius 2 is 1.95 bits per heavy atom. The van der Waals surface area contributed by atoms with Crippen LogP contribution < -0.4 is 20.5 Å². The Kier molecular flexibility index (Phi) is 6.76. The van der Waals surface area contributed by atoms with Crippen molar-refractivity contribution in [3.05, 3.63) is 70.2 Å². The van der Waals surface area contributed by atoms with Crippen molar-refractivity contribution in [1.82, 2.24) is 29.2 Å². The summed E-state index contributed by atoms with van der Waals surface area (Å²) in [6.07, 6.45) is 9.58. The van der Waals surface area contributed by atoms with Gasteiger partial charge >= 0.3 is 0 Å². The molecule has 3 aliphatic rings. The molecule has 4 aromatic rings. The van der Waals surface area contributed by atoms with Crippen molar-refractivity contribution in [2.45, 2.75) is 52.6 Å². The van der Waals surface area contributed by atoms with Gasteiger partial charge in [0.25, 0.3) is 11.5 Å². The average molecular weight is 581 g/mol. The molecule has 0 unspecified atom stereocenters. The van der Waals surface area contributed by atoms with Gasteiger partial charge < -0.3 is 15.0 Å². The molecule has 0 spiro atoms. The number of nitrogens with one attached hydrogen (secondary N) is 1. The number of nitrogens with zero attached hydrogens (tertiary/aromatic N) is 7. The molecule has 7 rings (SSSR count). The molecular weight excluding hydrogens is 544 g/mol. The second-order valence-corrected chi connectivity index (χ2v) is 12.2. The molecule has 5 heterocycles. The lowest BCUT2D eigenvalue weighted by Gasteiger charge is -2.30. The Bertz CT molecular complexity index is 1820. The average Bonchev–Trinajstić information content (AvgIpc) is 3.67. The minimum absolute atomic E-state index is 0.00961. The van der Waals surface area contributed by atoms with Gasteiger partial charge in [0.2, 0.25) is 5.95 Å². The summed E-state index contributed by atoms with van der Waals surface area (Å²) in [7, 11) is 2.13. The summed E-state index contributed by atoms with van der Waals surface area (Å²) in [5.41, 5.74) is 3.84. The Morgan fingerprint density at radius 3 is 2.77 bits per heavy atom. The summed E-state index contributed by atoms with van der Waals surface area (Å²) >= 11 is 0. The fourth-order valence-electron chi connectivity index (χ4n) is 5.83. The van der Waals surface area contributed by atoms with Gasteiger partial charge in [0.1, 0.15) is 5.39 Å². The number of amides is 1. The second kappa shape index (κ2) is 10.6. The number of carbonyl (C=O) groups excluding carboxylic acids is 1. The van der Waals surface area contributed by atoms with E-state index in [2.05, 4.69) is 41.3 Å². The molecule has 2 aliphatic heterocycles. The van der Waals surface area contributed by atoms with Gasteiger partial charge in [-0.15, -0.1) is 0 Å². The van der Waals surface area contributed by atoms with Crippen molar-refractivity contribution in [3.8, 4) is 11.6 Å². The summed E-state index contributed by atoms with van der Waals surface area (Å²) in [5, 5.41) is 3.73. The van der Waals surface area contributed by atoms with Crippen LogP contribution in [0.3, 0.4) is 0 Å². The highest BCUT2D eigenvalue weighted by molar-refractivity contribution is 5.97. The normalized spacial score (nSPS) is 17.7. The van der Waals surface area contributed by atoms with Gasteiger partial charge in [0, 0.05) is 31.5 Å². The first-order chi connectivity index (χ1) is 20.8. The van der Waals surface area contributed by atoms with Crippen LogP contribution >= 0.6 is 0 Å². The number of fused-ring (bicyclic) bond motifs is 3. The highest BCUT2D eigenvalue weighted by Crippen LogP contribution is 2.47. The SMILES string of the molecule is CC/C=C\Cn1c(=O)c2cnc(Nc3ccc4c(c3)CN(C)CC4)nc2n1-c1ccc2c(n1)N(CC1(C)CC1)C(=O)CO2. The van der Waals surface area contributed by atoms with Crippen LogP contribution in [0.4, 0.5) is 17.5 Å². The van der Waals surface area contributed by atoms with E-state index >= 15 is 0 Å². The van der Waals surface area contributed by atoms with E-state index in [1.54, 1.807) is 26.5 Å². The minimum Gasteiger partial charge on any atom is -0.480 e. The standard InChI is InChI=1S/C32H36N8O3/c1-4-5-6-14-39-30(42)24-17-33-31(34-23-8-7-21-11-15-37(3)18-22(21)16-23)36-28(24)40(39)26-10-9-25-29(35-26)38(27(41)19-43-25)20-32(2)12-13-32/h5-10,16-17H,4,11-15,18-20H2,1-3H3,(H,33,34,36)/b6-5-. The Balaban J connectivity index is 1.32. The number of anilines is 3. The Labute approximate surface area is 249 Å². The molecule has 222 valence electrons. The van der Waals surface area contributed by atoms with E-state index in [9.17, 15) is 9.59 Å². The lowest BCUT2D eigenvalue weighted by atomic mass is 9.99. The van der Waals surface area contributed by atoms with Crippen LogP contribution in [0.5, 0.6) is 5.75 Å². The molecule has 0 bridgehead atoms. The molecule has 11 heteroatoms. The second-order valence-electron chi connectivity index (χ2n) is 12.2. The predicted octanol–water partition coefficient (Wildman–Crippen LogP) is 4.20. The highest BCUT2D eigenvalue weighted by atomic mass is 16.5. The molecule has 11 nitrogen and oxygen atoms in total. The number of ether oxygens (including phenoxy) is 1. The van der Waals surface area contributed by atoms with Gasteiger partial charge in [0.15, 0.2) is 29.6 Å². The number of carbonyl (C=O) groups is 1. The molecule has 1 saturated carbocycles. The van der Waals surface area contributed by atoms with Gasteiger partial charge in [-0.25, -0.2) is 19.3 Å². The maximum absolute atomic E-state index is 13.7. The lowest BCUT2D eigenvalue weighted by Crippen LogP contribution is -2.42. The zero-order valence-corrected chi connectivity index (χ0v) is 24.8. The molecule has 0 radical (unpaired) electrons. The lowest BCUT2D eigenvalue weighted by molar-refractivity contribution is -0.121. The molecular formula is C32H36N8O3. The van der Waals surface area contributed by atoms with Crippen LogP contribution in [-0.4, -0.2) is 61.9 Å². The van der Waals surface area contributed by atoms with Crippen LogP contribution in [0.15, 0.2) is 53.5 Å². The number of pyridine rings is 1. The van der Waals surface area contributed by atoms with Crippen molar-refractivity contribution < 1.29 is 9.53 Å². The largest absolute Gasteiger partial charge is 0.480 e. The quantitative estimate of drug-likeness (QED) is 0.309. The summed E-state index contributed by atoms with van der Waals surface area (Å²) in [6.45, 7) is 7.09. The Hall–Kier alpha value is -4.51. The van der Waals surface area contributed by atoms with Crippen LogP contribution in [-0.2, 0) is 24.3 Å². The molecule has 0 atom stereocenters. The van der Waals surface area contributed by atoms with Crippen LogP contribution in [0.1, 0.15) is 44.2 Å². The molecule has 1 aliphatic carbocycles. The summed E-state index contributed by atoms with van der Waals surface area (Å²) in [6, 6.07) is 9.97. The highest BCUT2D eigenvalue weighted by Gasteiger charge is 2.42. The van der Waals surface area contributed by atoms with Gasteiger partial charge in [-0.1, -0.05) is 32.1 Å². The van der Waals surface area contributed by atoms with Crippen LogP contribution in [0.2, 0.25) is 0 Å². The topological polar surface area (TPSA) is 110 Å². The minimum atomic E-state index is -0.215. The monoisotopic (exact) mass is 580 g/mol. The molecule has 43 heavy (non-hydrogen) atoms. The van der Waals surface area contributed by atoms with E-state index in [0.29, 0.717) is 47.5 Å². The van der Waals surface area contributed by atoms with Gasteiger partial charge in [-0.05, 0) is 73.5 Å². The molecule has 1 amide bonds. The van der Waals surface area contributed by atoms with E-state index < -0.39 is 0 Å². The third kappa shape index (κ3) is 5.18. The number of aromatic nitrogens is 5. The first-order valence-corrected chi connectivity index (χ1v) is 15.0. The first kappa shape index (κ1) is 27.3. The first-order valence-electron chi connectivity index (χ1n) is 15.0. The zero-order valence-electron chi connectivity index (χ0n) is 24.8. The van der Waals surface area contributed by atoms with Crippen molar-refractivity contribution >= 4 is 34.4 Å². The summed E-state index contributed by atoms with van der Waals surface area (Å²) in [5.74, 6) is 1.76. The third-order valence-electron chi connectivity index (χ3n) is 8.61. The molecule has 1 N–H and O–H groups in total. The Morgan fingerprint density at radius 1 is 1.09 bits per heavy atom. The zero-order chi connectivity index (χ0) is 29.7. The number of rotatable bonds is 8. The van der Waals surface area contributed by atoms with Crippen molar-refractivity contribution in [3.63, 3.8) is 0 Å². The number of hydrogen-bond acceptors (Lipinski definition) is 8. The maximum atomic E-state index is 13.7. The smallest absolute Gasteiger partial charge is 0.278 e. The number of hydrogen-bond donors (Lipinski definition) is 1. The summed E-state index contributed by atoms with van der Waals surface area (Å²) < 4.78 is 9.08. The maximum Gasteiger partial charge on any atom is 0.278 e. The molecule has 1 aromatic carbocycles. The van der Waals surface area contributed by atoms with E-state index in [4.69, 9.17) is 14.7 Å². The van der Waals surface area contributed by atoms with E-state index in [-0.39, 0.29) is 23.5 Å². The molecule has 1 fully saturated rings. The van der Waals surface area contributed by atoms with Crippen molar-refractivity contribution in [2.24, 2.45) is 5.41 Å². The number of likely N-dealkylation sites (N-methyl/N-ethyl adjacent to an activating group) is 1. The van der Waals surface area contributed by atoms with Crippen LogP contribution in [0, 0.1) is 5.41 Å². The number of allylic oxidation sites excluding steroid dienone is 2. The third-order valence-corrected chi connectivity index (χ3v) is 8.61. The predicted molar refractivity (Wildman–Crippen MR) is 165 cm³/mol. The van der Waals surface area contributed by atoms with Crippen LogP contribution in [0.25, 0.3) is 16.9 Å². The van der Waals surface area contributed by atoms with E-state index in [1.807, 2.05) is 31.2 Å². The van der Waals surface area contributed by atoms with Crippen molar-refractivity contribution in [1.29, 1.82) is 0 Å². The van der Waals surface area contributed by atoms with Crippen molar-refractivity contribution in [2.75, 3.05) is 37.0 Å². The fraction of sp³-hybridized carbons (Fsp3) is 0.406. The van der Waals surface area contributed by atoms with E-state index in [0.717, 1.165) is 44.5 Å². The molecule has 3 aromatic heterocycles.